The molecule has 0 bridgehead atoms. The largest absolute Gasteiger partial charge is 0.440 e. The molecule has 0 N–H and O–H groups in total. The zero-order chi connectivity index (χ0) is 19.5. The van der Waals surface area contributed by atoms with E-state index in [1.165, 1.54) is 0 Å². The van der Waals surface area contributed by atoms with Crippen molar-refractivity contribution in [3.63, 3.8) is 0 Å². The van der Waals surface area contributed by atoms with E-state index in [0.717, 1.165) is 54.9 Å². The average Bonchev–Trinajstić information content (AvgIpc) is 3.19. The average molecular weight is 377 g/mol. The lowest BCUT2D eigenvalue weighted by Gasteiger charge is -2.35. The van der Waals surface area contributed by atoms with Gasteiger partial charge in [-0.25, -0.2) is 4.98 Å². The third-order valence-electron chi connectivity index (χ3n) is 6.10. The Hall–Kier alpha value is -2.62. The van der Waals surface area contributed by atoms with E-state index >= 15 is 0 Å². The maximum atomic E-state index is 13.4. The van der Waals surface area contributed by atoms with E-state index in [-0.39, 0.29) is 17.7 Å². The van der Waals surface area contributed by atoms with Crippen molar-refractivity contribution >= 4 is 17.0 Å². The van der Waals surface area contributed by atoms with E-state index in [4.69, 9.17) is 4.42 Å². The van der Waals surface area contributed by atoms with Crippen LogP contribution in [0.5, 0.6) is 0 Å². The van der Waals surface area contributed by atoms with Crippen molar-refractivity contribution in [3.05, 3.63) is 66.1 Å². The number of carbonyl (C=O) groups is 1. The summed E-state index contributed by atoms with van der Waals surface area (Å²) in [5, 5.41) is 0. The third-order valence-corrected chi connectivity index (χ3v) is 6.10. The van der Waals surface area contributed by atoms with E-state index < -0.39 is 0 Å². The predicted octanol–water partition coefficient (Wildman–Crippen LogP) is 5.36. The van der Waals surface area contributed by atoms with Gasteiger partial charge in [0, 0.05) is 19.0 Å². The molecule has 1 saturated heterocycles. The smallest absolute Gasteiger partial charge is 0.230 e. The lowest BCUT2D eigenvalue weighted by Crippen LogP contribution is -2.42. The van der Waals surface area contributed by atoms with Gasteiger partial charge in [-0.1, -0.05) is 62.7 Å². The number of amides is 1. The van der Waals surface area contributed by atoms with Crippen molar-refractivity contribution in [2.75, 3.05) is 13.1 Å². The van der Waals surface area contributed by atoms with Crippen LogP contribution in [0.15, 0.2) is 59.0 Å². The second-order valence-corrected chi connectivity index (χ2v) is 7.89. The number of nitrogens with zero attached hydrogens (tertiary/aromatic N) is 2. The van der Waals surface area contributed by atoms with Crippen molar-refractivity contribution in [2.24, 2.45) is 5.92 Å². The Morgan fingerprint density at radius 1 is 1.11 bits per heavy atom. The second kappa shape index (κ2) is 8.17. The van der Waals surface area contributed by atoms with Crippen LogP contribution in [-0.2, 0) is 4.79 Å². The van der Waals surface area contributed by atoms with Crippen LogP contribution in [0.1, 0.15) is 56.4 Å². The first-order valence-corrected chi connectivity index (χ1v) is 10.4. The molecule has 4 heteroatoms. The molecule has 1 aliphatic rings. The number of hydrogen-bond donors (Lipinski definition) is 0. The minimum absolute atomic E-state index is 0.0629. The number of rotatable bonds is 5. The number of benzene rings is 2. The lowest BCUT2D eigenvalue weighted by atomic mass is 9.83. The van der Waals surface area contributed by atoms with Gasteiger partial charge in [0.2, 0.25) is 5.91 Å². The van der Waals surface area contributed by atoms with Crippen LogP contribution < -0.4 is 0 Å². The summed E-state index contributed by atoms with van der Waals surface area (Å²) in [5.74, 6) is 1.62. The minimum Gasteiger partial charge on any atom is -0.440 e. The highest BCUT2D eigenvalue weighted by molar-refractivity contribution is 5.84. The van der Waals surface area contributed by atoms with Crippen LogP contribution in [-0.4, -0.2) is 28.9 Å². The Balaban J connectivity index is 1.46. The summed E-state index contributed by atoms with van der Waals surface area (Å²) in [7, 11) is 0. The number of piperidine rings is 1. The molecule has 3 aromatic rings. The molecule has 146 valence electrons. The number of hydrogen-bond acceptors (Lipinski definition) is 3. The standard InChI is InChI=1S/C24H28N2O2/c1-3-17(2)22(18-9-5-4-6-10-18)24(27)26-15-13-19(14-16-26)23-25-20-11-7-8-12-21(20)28-23/h4-12,17,19,22H,3,13-16H2,1-2H3. The van der Waals surface area contributed by atoms with Crippen molar-refractivity contribution in [1.82, 2.24) is 9.88 Å². The molecule has 2 unspecified atom stereocenters. The highest BCUT2D eigenvalue weighted by Crippen LogP contribution is 2.34. The molecule has 0 radical (unpaired) electrons. The van der Waals surface area contributed by atoms with E-state index in [2.05, 4.69) is 31.0 Å². The van der Waals surface area contributed by atoms with Crippen LogP contribution in [0, 0.1) is 5.92 Å². The van der Waals surface area contributed by atoms with E-state index in [9.17, 15) is 4.79 Å². The zero-order valence-electron chi connectivity index (χ0n) is 16.7. The number of carbonyl (C=O) groups excluding carboxylic acids is 1. The summed E-state index contributed by atoms with van der Waals surface area (Å²) >= 11 is 0. The van der Waals surface area contributed by atoms with Crippen LogP contribution in [0.3, 0.4) is 0 Å². The molecule has 1 aromatic heterocycles. The van der Waals surface area contributed by atoms with Crippen LogP contribution in [0.2, 0.25) is 0 Å². The molecular weight excluding hydrogens is 348 g/mol. The summed E-state index contributed by atoms with van der Waals surface area (Å²) < 4.78 is 5.96. The fraction of sp³-hybridized carbons (Fsp3) is 0.417. The molecule has 1 amide bonds. The van der Waals surface area contributed by atoms with Gasteiger partial charge < -0.3 is 9.32 Å². The Bertz CT molecular complexity index is 893. The fourth-order valence-corrected chi connectivity index (χ4v) is 4.22. The van der Waals surface area contributed by atoms with Gasteiger partial charge in [-0.05, 0) is 36.5 Å². The fourth-order valence-electron chi connectivity index (χ4n) is 4.22. The van der Waals surface area contributed by atoms with Crippen molar-refractivity contribution in [2.45, 2.75) is 44.9 Å². The first-order chi connectivity index (χ1) is 13.7. The summed E-state index contributed by atoms with van der Waals surface area (Å²) in [6.07, 6.45) is 2.80. The number of oxazole rings is 1. The van der Waals surface area contributed by atoms with Crippen molar-refractivity contribution in [1.29, 1.82) is 0 Å². The SMILES string of the molecule is CCC(C)C(C(=O)N1CCC(c2nc3ccccc3o2)CC1)c1ccccc1. The predicted molar refractivity (Wildman–Crippen MR) is 111 cm³/mol. The van der Waals surface area contributed by atoms with Crippen molar-refractivity contribution < 1.29 is 9.21 Å². The number of para-hydroxylation sites is 2. The van der Waals surface area contributed by atoms with Gasteiger partial charge >= 0.3 is 0 Å². The third kappa shape index (κ3) is 3.68. The molecule has 0 aliphatic carbocycles. The molecule has 28 heavy (non-hydrogen) atoms. The molecule has 0 saturated carbocycles. The Morgan fingerprint density at radius 3 is 2.46 bits per heavy atom. The summed E-state index contributed by atoms with van der Waals surface area (Å²) in [6, 6.07) is 18.1. The molecule has 1 fully saturated rings. The van der Waals surface area contributed by atoms with Gasteiger partial charge in [-0.2, -0.15) is 0 Å². The number of aromatic nitrogens is 1. The molecule has 2 atom stereocenters. The highest BCUT2D eigenvalue weighted by Gasteiger charge is 2.33. The van der Waals surface area contributed by atoms with Gasteiger partial charge in [-0.3, -0.25) is 4.79 Å². The lowest BCUT2D eigenvalue weighted by molar-refractivity contribution is -0.135. The van der Waals surface area contributed by atoms with Gasteiger partial charge in [0.15, 0.2) is 11.5 Å². The van der Waals surface area contributed by atoms with Gasteiger partial charge in [0.25, 0.3) is 0 Å². The summed E-state index contributed by atoms with van der Waals surface area (Å²) in [5.41, 5.74) is 2.89. The highest BCUT2D eigenvalue weighted by atomic mass is 16.3. The summed E-state index contributed by atoms with van der Waals surface area (Å²) in [4.78, 5) is 20.1. The quantitative estimate of drug-likeness (QED) is 0.602. The van der Waals surface area contributed by atoms with Crippen LogP contribution in [0.4, 0.5) is 0 Å². The van der Waals surface area contributed by atoms with Crippen LogP contribution >= 0.6 is 0 Å². The molecule has 4 nitrogen and oxygen atoms in total. The minimum atomic E-state index is -0.0629. The first-order valence-electron chi connectivity index (χ1n) is 10.4. The normalized spacial score (nSPS) is 17.6. The molecular formula is C24H28N2O2. The monoisotopic (exact) mass is 376 g/mol. The number of likely N-dealkylation sites (tertiary alicyclic amines) is 1. The molecule has 4 rings (SSSR count). The molecule has 2 heterocycles. The van der Waals surface area contributed by atoms with E-state index in [1.54, 1.807) is 0 Å². The maximum Gasteiger partial charge on any atom is 0.230 e. The van der Waals surface area contributed by atoms with Gasteiger partial charge in [0.05, 0.1) is 5.92 Å². The summed E-state index contributed by atoms with van der Waals surface area (Å²) in [6.45, 7) is 5.87. The maximum absolute atomic E-state index is 13.4. The second-order valence-electron chi connectivity index (χ2n) is 7.89. The van der Waals surface area contributed by atoms with E-state index in [0.29, 0.717) is 5.92 Å². The van der Waals surface area contributed by atoms with Crippen LogP contribution in [0.25, 0.3) is 11.1 Å². The Kier molecular flexibility index (Phi) is 5.47. The molecule has 0 spiro atoms. The van der Waals surface area contributed by atoms with Gasteiger partial charge in [0.1, 0.15) is 5.52 Å². The number of fused-ring (bicyclic) bond motifs is 1. The van der Waals surface area contributed by atoms with E-state index in [1.807, 2.05) is 47.4 Å². The molecule has 1 aliphatic heterocycles. The topological polar surface area (TPSA) is 46.3 Å². The Labute approximate surface area is 166 Å². The molecule has 2 aromatic carbocycles. The van der Waals surface area contributed by atoms with Gasteiger partial charge in [-0.15, -0.1) is 0 Å². The Morgan fingerprint density at radius 2 is 1.79 bits per heavy atom. The van der Waals surface area contributed by atoms with Crippen molar-refractivity contribution in [3.8, 4) is 0 Å². The first kappa shape index (κ1) is 18.7. The zero-order valence-corrected chi connectivity index (χ0v) is 16.7.